The molecule has 59 heavy (non-hydrogen) atoms. The highest BCUT2D eigenvalue weighted by Crippen LogP contribution is 2.40. The van der Waals surface area contributed by atoms with E-state index in [-0.39, 0.29) is 37.4 Å². The van der Waals surface area contributed by atoms with Gasteiger partial charge in [-0.25, -0.2) is 9.55 Å². The number of halogens is 2. The molecule has 3 amide bonds. The van der Waals surface area contributed by atoms with Gasteiger partial charge in [-0.05, 0) is 72.4 Å². The second kappa shape index (κ2) is 22.5. The lowest BCUT2D eigenvalue weighted by atomic mass is 9.88. The molecular formula is C39H60BF2N7O7PS2+. The van der Waals surface area contributed by atoms with Gasteiger partial charge in [-0.15, -0.1) is 0 Å². The first-order valence-corrected chi connectivity index (χ1v) is 24.2. The number of aryl methyl sites for hydroxylation is 2. The third kappa shape index (κ3) is 15.0. The van der Waals surface area contributed by atoms with Gasteiger partial charge in [-0.2, -0.15) is 0 Å². The minimum absolute atomic E-state index is 0.0690. The SMILES string of the molecule is CCCC1=CC(CCC(=O)NC(COP(=O)(O)O)C(=O)NCCCCC(=O)NCCSSc2ccccn2)=[N+]2C1=Cc1c(CCC)cc(CCC[N+](C)(C)C)n1[B-]2(F)F. The minimum Gasteiger partial charge on any atom is -0.394 e. The average Bonchev–Trinajstić information content (AvgIpc) is 3.70. The van der Waals surface area contributed by atoms with E-state index >= 15 is 8.63 Å². The van der Waals surface area contributed by atoms with E-state index in [1.165, 1.54) is 15.3 Å². The number of carbonyl (C=O) groups is 3. The molecule has 326 valence electrons. The van der Waals surface area contributed by atoms with Gasteiger partial charge < -0.3 is 47.8 Å². The highest BCUT2D eigenvalue weighted by Gasteiger charge is 2.54. The Labute approximate surface area is 354 Å². The molecule has 20 heteroatoms. The fraction of sp³-hybridized carbons (Fsp3) is 0.564. The maximum absolute atomic E-state index is 17.0. The Morgan fingerprint density at radius 1 is 0.983 bits per heavy atom. The molecule has 0 saturated heterocycles. The number of fused-ring (bicyclic) bond motifs is 2. The predicted molar refractivity (Wildman–Crippen MR) is 231 cm³/mol. The summed E-state index contributed by atoms with van der Waals surface area (Å²) in [6, 6.07) is 6.11. The van der Waals surface area contributed by atoms with Crippen molar-refractivity contribution < 1.29 is 50.9 Å². The third-order valence-corrected chi connectivity index (χ3v) is 12.5. The Morgan fingerprint density at radius 3 is 2.42 bits per heavy atom. The molecule has 2 aliphatic rings. The van der Waals surface area contributed by atoms with Gasteiger partial charge in [0.05, 0.1) is 34.3 Å². The van der Waals surface area contributed by atoms with Gasteiger partial charge >= 0.3 is 14.8 Å². The molecule has 5 N–H and O–H groups in total. The monoisotopic (exact) mass is 882 g/mol. The van der Waals surface area contributed by atoms with Gasteiger partial charge in [0, 0.05) is 74.1 Å². The Balaban J connectivity index is 1.36. The van der Waals surface area contributed by atoms with Crippen LogP contribution in [-0.2, 0) is 36.3 Å². The smallest absolute Gasteiger partial charge is 0.394 e. The number of carbonyl (C=O) groups excluding carboxylic acids is 3. The lowest BCUT2D eigenvalue weighted by Gasteiger charge is -2.32. The van der Waals surface area contributed by atoms with Crippen LogP contribution < -0.4 is 16.0 Å². The number of quaternary nitrogens is 1. The molecule has 2 aliphatic heterocycles. The van der Waals surface area contributed by atoms with Crippen molar-refractivity contribution in [1.82, 2.24) is 25.4 Å². The van der Waals surface area contributed by atoms with Gasteiger partial charge in [0.15, 0.2) is 5.70 Å². The fourth-order valence-corrected chi connectivity index (χ4v) is 9.23. The number of hydrogen-bond acceptors (Lipinski definition) is 8. The normalized spacial score (nSPS) is 15.3. The van der Waals surface area contributed by atoms with Crippen LogP contribution >= 0.6 is 29.4 Å². The number of aromatic nitrogens is 2. The number of unbranched alkanes of at least 4 members (excludes halogenated alkanes) is 1. The number of rotatable bonds is 26. The topological polar surface area (TPSA) is 175 Å². The minimum atomic E-state index is -5.00. The Morgan fingerprint density at radius 2 is 1.75 bits per heavy atom. The van der Waals surface area contributed by atoms with Crippen LogP contribution in [0.15, 0.2) is 52.8 Å². The second-order valence-electron chi connectivity index (χ2n) is 15.8. The Hall–Kier alpha value is -3.32. The Kier molecular flexibility index (Phi) is 18.4. The number of nitrogens with zero attached hydrogens (tertiary/aromatic N) is 4. The first-order chi connectivity index (χ1) is 27.9. The van der Waals surface area contributed by atoms with E-state index in [1.807, 2.05) is 44.2 Å². The summed E-state index contributed by atoms with van der Waals surface area (Å²) in [7, 11) is 4.33. The number of allylic oxidation sites excluding steroid dienone is 2. The van der Waals surface area contributed by atoms with E-state index in [9.17, 15) is 28.7 Å². The molecule has 0 spiro atoms. The number of hydrogen-bond donors (Lipinski definition) is 5. The van der Waals surface area contributed by atoms with E-state index < -0.39 is 39.3 Å². The number of phosphoric ester groups is 1. The summed E-state index contributed by atoms with van der Waals surface area (Å²) in [6.07, 6.45) is 10.1. The van der Waals surface area contributed by atoms with Crippen LogP contribution in [0.5, 0.6) is 0 Å². The maximum Gasteiger partial charge on any atom is 0.737 e. The van der Waals surface area contributed by atoms with Crippen molar-refractivity contribution in [1.29, 1.82) is 0 Å². The van der Waals surface area contributed by atoms with Crippen molar-refractivity contribution in [2.24, 2.45) is 0 Å². The van der Waals surface area contributed by atoms with Gasteiger partial charge in [-0.3, -0.25) is 18.9 Å². The zero-order chi connectivity index (χ0) is 43.2. The van der Waals surface area contributed by atoms with Crippen LogP contribution in [0, 0.1) is 0 Å². The van der Waals surface area contributed by atoms with Crippen molar-refractivity contribution in [3.05, 3.63) is 64.8 Å². The quantitative estimate of drug-likeness (QED) is 0.0268. The van der Waals surface area contributed by atoms with Crippen LogP contribution in [0.25, 0.3) is 6.08 Å². The van der Waals surface area contributed by atoms with Crippen molar-refractivity contribution in [3.8, 4) is 0 Å². The summed E-state index contributed by atoms with van der Waals surface area (Å²) in [5, 5.41) is 8.84. The van der Waals surface area contributed by atoms with Crippen molar-refractivity contribution in [2.45, 2.75) is 95.5 Å². The van der Waals surface area contributed by atoms with Crippen LogP contribution in [-0.4, -0.2) is 118 Å². The largest absolute Gasteiger partial charge is 0.737 e. The molecule has 2 aromatic heterocycles. The highest BCUT2D eigenvalue weighted by atomic mass is 33.1. The molecule has 14 nitrogen and oxygen atoms in total. The first-order valence-electron chi connectivity index (χ1n) is 20.3. The summed E-state index contributed by atoms with van der Waals surface area (Å²) < 4.78 is 53.1. The molecule has 0 bridgehead atoms. The number of amides is 3. The van der Waals surface area contributed by atoms with Crippen LogP contribution in [0.3, 0.4) is 0 Å². The summed E-state index contributed by atoms with van der Waals surface area (Å²) in [4.78, 5) is 61.5. The second-order valence-corrected chi connectivity index (χ2v) is 19.4. The highest BCUT2D eigenvalue weighted by molar-refractivity contribution is 8.76. The molecule has 1 atom stereocenters. The Bertz CT molecular complexity index is 1920. The van der Waals surface area contributed by atoms with Crippen molar-refractivity contribution in [2.75, 3.05) is 53.1 Å². The van der Waals surface area contributed by atoms with Gasteiger partial charge in [0.25, 0.3) is 0 Å². The first kappa shape index (κ1) is 48.4. The zero-order valence-corrected chi connectivity index (χ0v) is 37.3. The molecule has 0 radical (unpaired) electrons. The summed E-state index contributed by atoms with van der Waals surface area (Å²) in [6.45, 7) is 0.331. The molecular weight excluding hydrogens is 822 g/mol. The van der Waals surface area contributed by atoms with Gasteiger partial charge in [0.1, 0.15) is 16.8 Å². The maximum atomic E-state index is 17.0. The predicted octanol–water partition coefficient (Wildman–Crippen LogP) is 5.46. The molecule has 0 aliphatic carbocycles. The lowest BCUT2D eigenvalue weighted by Crippen LogP contribution is -2.51. The summed E-state index contributed by atoms with van der Waals surface area (Å²) >= 11 is 0. The third-order valence-electron chi connectivity index (χ3n) is 9.76. The molecule has 4 heterocycles. The van der Waals surface area contributed by atoms with E-state index in [2.05, 4.69) is 46.6 Å². The molecule has 0 aromatic carbocycles. The lowest BCUT2D eigenvalue weighted by molar-refractivity contribution is -0.870. The number of phosphoric acid groups is 1. The summed E-state index contributed by atoms with van der Waals surface area (Å²) in [5.74, 6) is -0.855. The zero-order valence-electron chi connectivity index (χ0n) is 34.8. The molecule has 0 fully saturated rings. The van der Waals surface area contributed by atoms with E-state index in [0.29, 0.717) is 61.5 Å². The van der Waals surface area contributed by atoms with Crippen LogP contribution in [0.1, 0.15) is 88.6 Å². The molecule has 2 aromatic rings. The van der Waals surface area contributed by atoms with E-state index in [4.69, 9.17) is 0 Å². The van der Waals surface area contributed by atoms with Gasteiger partial charge in [-0.1, -0.05) is 43.5 Å². The number of pyridine rings is 1. The standard InChI is InChI=1S/C39H59BF2N7O7PS2/c1-6-13-29-25-31(15-12-23-49(3,4)5)47-34(29)27-35-30(14-7-2)26-32(48(35)40(47,41)42)18-19-37(51)46-33(28-56-57(53,54)55)39(52)45-21-10-8-16-36(50)43-22-24-58-59-38-17-9-11-20-44-38/h9,11,17,20,25-27,33H,6-8,10,12-16,18-19,21-24,28H2,1-5H3,(H4-,43,45,46,50,51,52,53,54,55)/p+1. The van der Waals surface area contributed by atoms with E-state index in [0.717, 1.165) is 50.9 Å². The fourth-order valence-electron chi connectivity index (χ4n) is 7.10. The van der Waals surface area contributed by atoms with Crippen LogP contribution in [0.2, 0.25) is 0 Å². The van der Waals surface area contributed by atoms with E-state index in [1.54, 1.807) is 23.1 Å². The average molecular weight is 883 g/mol. The molecule has 0 saturated carbocycles. The van der Waals surface area contributed by atoms with Crippen molar-refractivity contribution >= 4 is 65.9 Å². The van der Waals surface area contributed by atoms with Crippen molar-refractivity contribution in [3.63, 3.8) is 0 Å². The number of nitrogens with one attached hydrogen (secondary N) is 3. The summed E-state index contributed by atoms with van der Waals surface area (Å²) in [5.41, 5.74) is 3.51. The van der Waals surface area contributed by atoms with Gasteiger partial charge in [0.2, 0.25) is 17.7 Å². The van der Waals surface area contributed by atoms with Crippen LogP contribution in [0.4, 0.5) is 8.63 Å². The molecule has 1 unspecified atom stereocenters. The molecule has 4 rings (SSSR count).